The molecule has 0 saturated carbocycles. The van der Waals surface area contributed by atoms with Crippen LogP contribution in [0, 0.1) is 6.92 Å². The lowest BCUT2D eigenvalue weighted by Gasteiger charge is -2.26. The second kappa shape index (κ2) is 7.15. The fourth-order valence-electron chi connectivity index (χ4n) is 2.55. The number of nitrogens with zero attached hydrogens (tertiary/aromatic N) is 1. The second-order valence-corrected chi connectivity index (χ2v) is 5.59. The summed E-state index contributed by atoms with van der Waals surface area (Å²) in [5.41, 5.74) is 1.47. The number of aliphatic hydroxyl groups is 1. The Morgan fingerprint density at radius 1 is 1.00 bits per heavy atom. The van der Waals surface area contributed by atoms with Gasteiger partial charge in [-0.2, -0.15) is 5.10 Å². The molecule has 0 unspecified atom stereocenters. The zero-order valence-corrected chi connectivity index (χ0v) is 13.7. The molecular weight excluding hydrogens is 316 g/mol. The summed E-state index contributed by atoms with van der Waals surface area (Å²) in [5.74, 6) is 0.614. The molecule has 0 spiro atoms. The van der Waals surface area contributed by atoms with E-state index < -0.39 is 11.5 Å². The molecule has 0 aliphatic heterocycles. The minimum absolute atomic E-state index is 0.461. The Labute approximate surface area is 145 Å². The average Bonchev–Trinajstić information content (AvgIpc) is 3.07. The SMILES string of the molecule is Cc1ccc(/C=N/NC(=O)C(O)(c2ccccc2)c2ccccc2)o1. The van der Waals surface area contributed by atoms with Crippen molar-refractivity contribution in [3.8, 4) is 0 Å². The number of furan rings is 1. The van der Waals surface area contributed by atoms with E-state index in [1.54, 1.807) is 60.7 Å². The highest BCUT2D eigenvalue weighted by molar-refractivity contribution is 5.90. The molecule has 0 aliphatic rings. The van der Waals surface area contributed by atoms with Crippen molar-refractivity contribution in [2.24, 2.45) is 5.10 Å². The first-order valence-electron chi connectivity index (χ1n) is 7.84. The standard InChI is InChI=1S/C20H18N2O3/c1-15-12-13-18(25-15)14-21-22-19(23)20(24,16-8-4-2-5-9-16)17-10-6-3-7-11-17/h2-14,24H,1H3,(H,22,23)/b21-14+. The molecule has 3 aromatic rings. The summed E-state index contributed by atoms with van der Waals surface area (Å²) in [7, 11) is 0. The average molecular weight is 334 g/mol. The lowest BCUT2D eigenvalue weighted by molar-refractivity contribution is -0.136. The summed E-state index contributed by atoms with van der Waals surface area (Å²) < 4.78 is 5.36. The van der Waals surface area contributed by atoms with E-state index in [1.807, 2.05) is 19.1 Å². The Kier molecular flexibility index (Phi) is 4.77. The molecule has 5 nitrogen and oxygen atoms in total. The Morgan fingerprint density at radius 2 is 1.56 bits per heavy atom. The molecule has 0 fully saturated rings. The smallest absolute Gasteiger partial charge is 0.281 e. The van der Waals surface area contributed by atoms with E-state index in [4.69, 9.17) is 4.42 Å². The van der Waals surface area contributed by atoms with Crippen LogP contribution in [0.1, 0.15) is 22.6 Å². The van der Waals surface area contributed by atoms with Crippen molar-refractivity contribution < 1.29 is 14.3 Å². The van der Waals surface area contributed by atoms with Crippen LogP contribution in [-0.4, -0.2) is 17.2 Å². The first-order valence-corrected chi connectivity index (χ1v) is 7.84. The molecule has 0 saturated heterocycles. The first kappa shape index (κ1) is 16.7. The number of amides is 1. The van der Waals surface area contributed by atoms with E-state index in [2.05, 4.69) is 10.5 Å². The first-order chi connectivity index (χ1) is 12.1. The van der Waals surface area contributed by atoms with Gasteiger partial charge in [0.2, 0.25) is 0 Å². The Hall–Kier alpha value is -3.18. The molecule has 5 heteroatoms. The molecule has 1 amide bonds. The minimum Gasteiger partial charge on any atom is -0.460 e. The maximum atomic E-state index is 12.8. The number of hydrogen-bond acceptors (Lipinski definition) is 4. The van der Waals surface area contributed by atoms with Crippen LogP contribution < -0.4 is 5.43 Å². The number of carbonyl (C=O) groups excluding carboxylic acids is 1. The number of nitrogens with one attached hydrogen (secondary N) is 1. The summed E-state index contributed by atoms with van der Waals surface area (Å²) in [6.07, 6.45) is 1.39. The van der Waals surface area contributed by atoms with E-state index in [0.29, 0.717) is 16.9 Å². The van der Waals surface area contributed by atoms with Gasteiger partial charge in [0.15, 0.2) is 5.60 Å². The summed E-state index contributed by atoms with van der Waals surface area (Å²) in [5, 5.41) is 15.1. The fraction of sp³-hybridized carbons (Fsp3) is 0.100. The van der Waals surface area contributed by atoms with Crippen molar-refractivity contribution in [3.05, 3.63) is 95.4 Å². The van der Waals surface area contributed by atoms with Gasteiger partial charge in [0, 0.05) is 0 Å². The van der Waals surface area contributed by atoms with Crippen LogP contribution in [0.15, 0.2) is 82.3 Å². The highest BCUT2D eigenvalue weighted by Crippen LogP contribution is 2.29. The summed E-state index contributed by atoms with van der Waals surface area (Å²) in [6, 6.07) is 21.1. The zero-order chi connectivity index (χ0) is 17.7. The van der Waals surface area contributed by atoms with Gasteiger partial charge in [-0.3, -0.25) is 4.79 Å². The molecule has 0 radical (unpaired) electrons. The van der Waals surface area contributed by atoms with E-state index in [0.717, 1.165) is 5.76 Å². The number of carbonyl (C=O) groups is 1. The van der Waals surface area contributed by atoms with E-state index in [-0.39, 0.29) is 0 Å². The van der Waals surface area contributed by atoms with Gasteiger partial charge in [0.1, 0.15) is 11.5 Å². The molecule has 126 valence electrons. The second-order valence-electron chi connectivity index (χ2n) is 5.59. The third-order valence-corrected chi connectivity index (χ3v) is 3.83. The van der Waals surface area contributed by atoms with Crippen LogP contribution in [0.2, 0.25) is 0 Å². The van der Waals surface area contributed by atoms with Crippen LogP contribution in [0.5, 0.6) is 0 Å². The molecule has 0 atom stereocenters. The summed E-state index contributed by atoms with van der Waals surface area (Å²) in [6.45, 7) is 1.82. The van der Waals surface area contributed by atoms with Crippen molar-refractivity contribution in [2.45, 2.75) is 12.5 Å². The molecule has 1 heterocycles. The van der Waals surface area contributed by atoms with Gasteiger partial charge in [-0.15, -0.1) is 0 Å². The molecule has 25 heavy (non-hydrogen) atoms. The molecular formula is C20H18N2O3. The van der Waals surface area contributed by atoms with Gasteiger partial charge in [-0.1, -0.05) is 60.7 Å². The van der Waals surface area contributed by atoms with Gasteiger partial charge >= 0.3 is 0 Å². The van der Waals surface area contributed by atoms with Crippen molar-refractivity contribution in [1.82, 2.24) is 5.43 Å². The highest BCUT2D eigenvalue weighted by Gasteiger charge is 2.39. The van der Waals surface area contributed by atoms with E-state index in [1.165, 1.54) is 6.21 Å². The van der Waals surface area contributed by atoms with Crippen molar-refractivity contribution in [2.75, 3.05) is 0 Å². The van der Waals surface area contributed by atoms with Crippen LogP contribution in [0.3, 0.4) is 0 Å². The lowest BCUT2D eigenvalue weighted by Crippen LogP contribution is -2.43. The predicted octanol–water partition coefficient (Wildman–Crippen LogP) is 2.97. The van der Waals surface area contributed by atoms with E-state index >= 15 is 0 Å². The quantitative estimate of drug-likeness (QED) is 0.556. The molecule has 2 aromatic carbocycles. The normalized spacial score (nSPS) is 11.6. The molecule has 0 aliphatic carbocycles. The van der Waals surface area contributed by atoms with Crippen LogP contribution in [0.4, 0.5) is 0 Å². The Morgan fingerprint density at radius 3 is 2.04 bits per heavy atom. The zero-order valence-electron chi connectivity index (χ0n) is 13.7. The van der Waals surface area contributed by atoms with Crippen LogP contribution in [0.25, 0.3) is 0 Å². The highest BCUT2D eigenvalue weighted by atomic mass is 16.3. The monoisotopic (exact) mass is 334 g/mol. The molecule has 0 bridgehead atoms. The maximum absolute atomic E-state index is 12.8. The fourth-order valence-corrected chi connectivity index (χ4v) is 2.55. The van der Waals surface area contributed by atoms with Crippen molar-refractivity contribution >= 4 is 12.1 Å². The molecule has 3 rings (SSSR count). The molecule has 1 aromatic heterocycles. The van der Waals surface area contributed by atoms with Gasteiger partial charge in [-0.25, -0.2) is 5.43 Å². The van der Waals surface area contributed by atoms with Gasteiger partial charge in [0.25, 0.3) is 5.91 Å². The molecule has 2 N–H and O–H groups in total. The van der Waals surface area contributed by atoms with Gasteiger partial charge in [0.05, 0.1) is 6.21 Å². The largest absolute Gasteiger partial charge is 0.460 e. The number of hydrazone groups is 1. The topological polar surface area (TPSA) is 74.8 Å². The van der Waals surface area contributed by atoms with Gasteiger partial charge < -0.3 is 9.52 Å². The maximum Gasteiger partial charge on any atom is 0.281 e. The number of benzene rings is 2. The third-order valence-electron chi connectivity index (χ3n) is 3.83. The predicted molar refractivity (Wildman–Crippen MR) is 95.1 cm³/mol. The number of hydrogen-bond donors (Lipinski definition) is 2. The number of rotatable bonds is 5. The number of aryl methyl sites for hydroxylation is 1. The Balaban J connectivity index is 1.89. The summed E-state index contributed by atoms with van der Waals surface area (Å²) in [4.78, 5) is 12.8. The Bertz CT molecular complexity index is 831. The summed E-state index contributed by atoms with van der Waals surface area (Å²) >= 11 is 0. The minimum atomic E-state index is -1.85. The van der Waals surface area contributed by atoms with Crippen LogP contribution >= 0.6 is 0 Å². The van der Waals surface area contributed by atoms with E-state index in [9.17, 15) is 9.90 Å². The third kappa shape index (κ3) is 3.51. The van der Waals surface area contributed by atoms with Gasteiger partial charge in [-0.05, 0) is 30.2 Å². The van der Waals surface area contributed by atoms with Crippen LogP contribution in [-0.2, 0) is 10.4 Å². The lowest BCUT2D eigenvalue weighted by atomic mass is 9.85. The van der Waals surface area contributed by atoms with Crippen molar-refractivity contribution in [1.29, 1.82) is 0 Å². The van der Waals surface area contributed by atoms with Crippen molar-refractivity contribution in [3.63, 3.8) is 0 Å².